The minimum Gasteiger partial charge on any atom is -0.480 e. The van der Waals surface area contributed by atoms with Gasteiger partial charge in [0, 0.05) is 18.3 Å². The van der Waals surface area contributed by atoms with Crippen LogP contribution in [-0.4, -0.2) is 39.8 Å². The molecule has 1 N–H and O–H groups in total. The zero-order valence-electron chi connectivity index (χ0n) is 10.5. The van der Waals surface area contributed by atoms with E-state index in [4.69, 9.17) is 0 Å². The average Bonchev–Trinajstić information content (AvgIpc) is 2.72. The second-order valence-corrected chi connectivity index (χ2v) is 6.10. The lowest BCUT2D eigenvalue weighted by Crippen LogP contribution is -2.47. The molecule has 1 heterocycles. The Morgan fingerprint density at radius 3 is 2.56 bits per heavy atom. The molecule has 1 aliphatic heterocycles. The lowest BCUT2D eigenvalue weighted by Gasteiger charge is -2.33. The van der Waals surface area contributed by atoms with E-state index in [1.165, 1.54) is 6.42 Å². The third-order valence-corrected chi connectivity index (χ3v) is 5.06. The van der Waals surface area contributed by atoms with E-state index in [1.807, 2.05) is 0 Å². The summed E-state index contributed by atoms with van der Waals surface area (Å²) in [5, 5.41) is 10.2. The van der Waals surface area contributed by atoms with Crippen molar-refractivity contribution in [2.75, 3.05) is 11.9 Å². The number of carboxylic acid groups (broad SMARTS) is 1. The van der Waals surface area contributed by atoms with Gasteiger partial charge in [-0.25, -0.2) is 4.79 Å². The fraction of sp³-hybridized carbons (Fsp3) is 0.846. The number of alkyl halides is 1. The first-order valence-corrected chi connectivity index (χ1v) is 7.84. The van der Waals surface area contributed by atoms with Crippen molar-refractivity contribution < 1.29 is 14.7 Å². The van der Waals surface area contributed by atoms with Gasteiger partial charge in [-0.3, -0.25) is 4.79 Å². The summed E-state index contributed by atoms with van der Waals surface area (Å²) in [6.07, 6.45) is 5.76. The van der Waals surface area contributed by atoms with Gasteiger partial charge in [0.15, 0.2) is 0 Å². The number of hydrogen-bond acceptors (Lipinski definition) is 2. The summed E-state index contributed by atoms with van der Waals surface area (Å²) in [5.74, 6) is -0.403. The Labute approximate surface area is 116 Å². The molecule has 0 radical (unpaired) electrons. The number of nitrogens with zero attached hydrogens (tertiary/aromatic N) is 1. The fourth-order valence-electron chi connectivity index (χ4n) is 3.22. The van der Waals surface area contributed by atoms with E-state index in [2.05, 4.69) is 15.9 Å². The van der Waals surface area contributed by atoms with Crippen molar-refractivity contribution in [1.82, 2.24) is 4.90 Å². The van der Waals surface area contributed by atoms with Crippen molar-refractivity contribution in [2.24, 2.45) is 11.8 Å². The Morgan fingerprint density at radius 1 is 1.39 bits per heavy atom. The normalized spacial score (nSPS) is 27.5. The van der Waals surface area contributed by atoms with E-state index < -0.39 is 12.0 Å². The van der Waals surface area contributed by atoms with Crippen molar-refractivity contribution >= 4 is 27.8 Å². The van der Waals surface area contributed by atoms with Gasteiger partial charge in [0.2, 0.25) is 5.91 Å². The van der Waals surface area contributed by atoms with Gasteiger partial charge in [0.1, 0.15) is 6.04 Å². The van der Waals surface area contributed by atoms with E-state index in [0.29, 0.717) is 13.0 Å². The van der Waals surface area contributed by atoms with Crippen LogP contribution in [0.4, 0.5) is 0 Å². The Kier molecular flexibility index (Phi) is 4.65. The number of carbonyl (C=O) groups is 2. The van der Waals surface area contributed by atoms with Crippen LogP contribution in [0.15, 0.2) is 0 Å². The number of likely N-dealkylation sites (tertiary alicyclic amines) is 1. The highest BCUT2D eigenvalue weighted by molar-refractivity contribution is 9.09. The Hall–Kier alpha value is -0.580. The number of hydrogen-bond donors (Lipinski definition) is 1. The highest BCUT2D eigenvalue weighted by Crippen LogP contribution is 2.32. The molecule has 18 heavy (non-hydrogen) atoms. The third-order valence-electron chi connectivity index (χ3n) is 4.14. The molecule has 4 nitrogen and oxygen atoms in total. The summed E-state index contributed by atoms with van der Waals surface area (Å²) in [6.45, 7) is 0.595. The van der Waals surface area contributed by atoms with Gasteiger partial charge >= 0.3 is 5.97 Å². The van der Waals surface area contributed by atoms with Crippen LogP contribution in [0.2, 0.25) is 0 Å². The minimum absolute atomic E-state index is 0.0115. The number of aliphatic carboxylic acids is 1. The Bertz CT molecular complexity index is 328. The molecule has 0 bridgehead atoms. The molecule has 1 unspecified atom stereocenters. The van der Waals surface area contributed by atoms with Crippen LogP contribution in [-0.2, 0) is 9.59 Å². The smallest absolute Gasteiger partial charge is 0.326 e. The van der Waals surface area contributed by atoms with Crippen molar-refractivity contribution in [1.29, 1.82) is 0 Å². The predicted octanol–water partition coefficient (Wildman–Crippen LogP) is 2.26. The van der Waals surface area contributed by atoms with E-state index in [0.717, 1.165) is 31.0 Å². The second kappa shape index (κ2) is 6.04. The van der Waals surface area contributed by atoms with Crippen LogP contribution in [0.25, 0.3) is 0 Å². The maximum absolute atomic E-state index is 12.0. The Morgan fingerprint density at radius 2 is 2.06 bits per heavy atom. The van der Waals surface area contributed by atoms with Crippen LogP contribution in [0.1, 0.15) is 38.5 Å². The van der Waals surface area contributed by atoms with E-state index in [9.17, 15) is 14.7 Å². The molecule has 0 spiro atoms. The molecule has 1 saturated heterocycles. The van der Waals surface area contributed by atoms with Gasteiger partial charge in [-0.05, 0) is 24.7 Å². The number of rotatable bonds is 4. The zero-order valence-corrected chi connectivity index (χ0v) is 12.1. The summed E-state index contributed by atoms with van der Waals surface area (Å²) >= 11 is 3.39. The highest BCUT2D eigenvalue weighted by atomic mass is 79.9. The van der Waals surface area contributed by atoms with Crippen LogP contribution in [0, 0.1) is 11.8 Å². The molecule has 2 atom stereocenters. The van der Waals surface area contributed by atoms with Crippen LogP contribution in [0.3, 0.4) is 0 Å². The van der Waals surface area contributed by atoms with Crippen molar-refractivity contribution in [3.63, 3.8) is 0 Å². The first-order valence-electron chi connectivity index (χ1n) is 6.71. The van der Waals surface area contributed by atoms with Crippen LogP contribution >= 0.6 is 15.9 Å². The topological polar surface area (TPSA) is 57.6 Å². The molecule has 0 aromatic rings. The highest BCUT2D eigenvalue weighted by Gasteiger charge is 2.41. The monoisotopic (exact) mass is 317 g/mol. The summed E-state index contributed by atoms with van der Waals surface area (Å²) in [5.41, 5.74) is 0. The lowest BCUT2D eigenvalue weighted by molar-refractivity contribution is -0.151. The SMILES string of the molecule is O=C(O)[C@H](C1CCCCC1)N1CC(CBr)CC1=O. The van der Waals surface area contributed by atoms with Gasteiger partial charge in [-0.1, -0.05) is 35.2 Å². The molecule has 2 aliphatic rings. The first-order chi connectivity index (χ1) is 8.63. The molecular formula is C13H20BrNO3. The first kappa shape index (κ1) is 13.8. The summed E-state index contributed by atoms with van der Waals surface area (Å²) in [7, 11) is 0. The van der Waals surface area contributed by atoms with Crippen LogP contribution in [0.5, 0.6) is 0 Å². The molecule has 1 aliphatic carbocycles. The number of carbonyl (C=O) groups excluding carboxylic acids is 1. The number of carboxylic acids is 1. The van der Waals surface area contributed by atoms with Gasteiger partial charge in [-0.15, -0.1) is 0 Å². The van der Waals surface area contributed by atoms with E-state index in [-0.39, 0.29) is 17.7 Å². The predicted molar refractivity (Wildman–Crippen MR) is 71.6 cm³/mol. The molecular weight excluding hydrogens is 298 g/mol. The van der Waals surface area contributed by atoms with Gasteiger partial charge in [0.25, 0.3) is 0 Å². The molecule has 0 aromatic heterocycles. The van der Waals surface area contributed by atoms with Crippen molar-refractivity contribution in [2.45, 2.75) is 44.6 Å². The second-order valence-electron chi connectivity index (χ2n) is 5.45. The number of amides is 1. The van der Waals surface area contributed by atoms with Gasteiger partial charge in [0.05, 0.1) is 0 Å². The molecule has 2 fully saturated rings. The Balaban J connectivity index is 2.09. The van der Waals surface area contributed by atoms with Gasteiger partial charge in [-0.2, -0.15) is 0 Å². The quantitative estimate of drug-likeness (QED) is 0.809. The van der Waals surface area contributed by atoms with Crippen molar-refractivity contribution in [3.05, 3.63) is 0 Å². The van der Waals surface area contributed by atoms with Gasteiger partial charge < -0.3 is 10.0 Å². The maximum atomic E-state index is 12.0. The molecule has 0 aromatic carbocycles. The number of halogens is 1. The standard InChI is InChI=1S/C13H20BrNO3/c14-7-9-6-11(16)15(8-9)12(13(17)18)10-4-2-1-3-5-10/h9-10,12H,1-8H2,(H,17,18)/t9?,12-/m0/s1. The third kappa shape index (κ3) is 2.87. The fourth-order valence-corrected chi connectivity index (χ4v) is 3.65. The molecule has 2 rings (SSSR count). The zero-order chi connectivity index (χ0) is 13.1. The van der Waals surface area contributed by atoms with Crippen LogP contribution < -0.4 is 0 Å². The summed E-state index contributed by atoms with van der Waals surface area (Å²) < 4.78 is 0. The average molecular weight is 318 g/mol. The van der Waals surface area contributed by atoms with E-state index in [1.54, 1.807) is 4.90 Å². The largest absolute Gasteiger partial charge is 0.480 e. The maximum Gasteiger partial charge on any atom is 0.326 e. The molecule has 5 heteroatoms. The lowest BCUT2D eigenvalue weighted by atomic mass is 9.83. The van der Waals surface area contributed by atoms with Crippen molar-refractivity contribution in [3.8, 4) is 0 Å². The summed E-state index contributed by atoms with van der Waals surface area (Å²) in [4.78, 5) is 25.1. The molecule has 1 amide bonds. The molecule has 102 valence electrons. The van der Waals surface area contributed by atoms with E-state index >= 15 is 0 Å². The minimum atomic E-state index is -0.828. The molecule has 1 saturated carbocycles. The summed E-state index contributed by atoms with van der Waals surface area (Å²) in [6, 6.07) is -0.596.